The molecule has 0 spiro atoms. The average molecular weight is 374 g/mol. The number of fused-ring (bicyclic) bond motifs is 1. The molecule has 0 fully saturated rings. The number of methoxy groups -OCH3 is 1. The van der Waals surface area contributed by atoms with Gasteiger partial charge in [0.25, 0.3) is 5.91 Å². The molecule has 1 amide bonds. The van der Waals surface area contributed by atoms with E-state index in [1.165, 1.54) is 0 Å². The molecule has 1 aromatic heterocycles. The summed E-state index contributed by atoms with van der Waals surface area (Å²) in [5.41, 5.74) is 4.12. The topological polar surface area (TPSA) is 87.0 Å². The zero-order valence-electron chi connectivity index (χ0n) is 16.2. The second-order valence-corrected chi connectivity index (χ2v) is 6.56. The van der Waals surface area contributed by atoms with Gasteiger partial charge in [-0.15, -0.1) is 0 Å². The van der Waals surface area contributed by atoms with Crippen LogP contribution in [0, 0.1) is 25.2 Å². The summed E-state index contributed by atoms with van der Waals surface area (Å²) in [6, 6.07) is 15.0. The summed E-state index contributed by atoms with van der Waals surface area (Å²) in [7, 11) is 1.58. The van der Waals surface area contributed by atoms with Crippen LogP contribution in [-0.2, 0) is 0 Å². The highest BCUT2D eigenvalue weighted by Crippen LogP contribution is 2.24. The van der Waals surface area contributed by atoms with Crippen LogP contribution in [0.2, 0.25) is 0 Å². The van der Waals surface area contributed by atoms with Crippen LogP contribution >= 0.6 is 0 Å². The van der Waals surface area contributed by atoms with Gasteiger partial charge in [-0.1, -0.05) is 11.6 Å². The summed E-state index contributed by atoms with van der Waals surface area (Å²) in [5, 5.41) is 16.4. The minimum absolute atomic E-state index is 0.164. The number of nitrogens with one attached hydrogen (secondary N) is 2. The van der Waals surface area contributed by atoms with E-state index in [1.807, 2.05) is 26.0 Å². The van der Waals surface area contributed by atoms with E-state index in [-0.39, 0.29) is 5.91 Å². The number of anilines is 1. The van der Waals surface area contributed by atoms with Gasteiger partial charge in [-0.2, -0.15) is 5.26 Å². The highest BCUT2D eigenvalue weighted by Gasteiger charge is 2.09. The number of hydrogen-bond donors (Lipinski definition) is 2. The standard InChI is InChI=1S/C22H22N4O2/c1-14-10-15(2)20-17(11-14)12-18(13-23)21(26-20)24-8-9-25-22(27)16-4-6-19(28-3)7-5-16/h4-7,10-12H,8-9H2,1-3H3,(H,24,26)(H,25,27). The zero-order chi connectivity index (χ0) is 20.1. The van der Waals surface area contributed by atoms with E-state index in [0.29, 0.717) is 35.8 Å². The van der Waals surface area contributed by atoms with Gasteiger partial charge in [0.15, 0.2) is 0 Å². The summed E-state index contributed by atoms with van der Waals surface area (Å²) < 4.78 is 5.09. The first-order chi connectivity index (χ1) is 13.5. The molecule has 1 heterocycles. The average Bonchev–Trinajstić information content (AvgIpc) is 2.70. The molecule has 0 aliphatic heterocycles. The Hall–Kier alpha value is -3.59. The normalized spacial score (nSPS) is 10.4. The van der Waals surface area contributed by atoms with Gasteiger partial charge in [-0.05, 0) is 55.8 Å². The molecule has 3 rings (SSSR count). The Morgan fingerprint density at radius 3 is 2.57 bits per heavy atom. The molecule has 142 valence electrons. The van der Waals surface area contributed by atoms with Crippen LogP contribution in [0.5, 0.6) is 5.75 Å². The van der Waals surface area contributed by atoms with E-state index >= 15 is 0 Å². The molecular weight excluding hydrogens is 352 g/mol. The summed E-state index contributed by atoms with van der Waals surface area (Å²) in [4.78, 5) is 16.8. The van der Waals surface area contributed by atoms with Crippen molar-refractivity contribution in [1.29, 1.82) is 5.26 Å². The Kier molecular flexibility index (Phi) is 5.75. The van der Waals surface area contributed by atoms with Gasteiger partial charge in [-0.3, -0.25) is 4.79 Å². The van der Waals surface area contributed by atoms with Crippen LogP contribution < -0.4 is 15.4 Å². The van der Waals surface area contributed by atoms with Crippen LogP contribution in [-0.4, -0.2) is 31.1 Å². The Labute approximate surface area is 164 Å². The molecule has 2 aromatic carbocycles. The van der Waals surface area contributed by atoms with Crippen molar-refractivity contribution in [2.45, 2.75) is 13.8 Å². The quantitative estimate of drug-likeness (QED) is 0.644. The number of amides is 1. The van der Waals surface area contributed by atoms with Gasteiger partial charge in [0.2, 0.25) is 0 Å². The number of aromatic nitrogens is 1. The van der Waals surface area contributed by atoms with Gasteiger partial charge < -0.3 is 15.4 Å². The largest absolute Gasteiger partial charge is 0.497 e. The lowest BCUT2D eigenvalue weighted by Crippen LogP contribution is -2.29. The van der Waals surface area contributed by atoms with Crippen molar-refractivity contribution >= 4 is 22.6 Å². The number of carbonyl (C=O) groups is 1. The van der Waals surface area contributed by atoms with Crippen molar-refractivity contribution in [2.75, 3.05) is 25.5 Å². The van der Waals surface area contributed by atoms with Gasteiger partial charge in [-0.25, -0.2) is 4.98 Å². The van der Waals surface area contributed by atoms with Crippen molar-refractivity contribution in [3.63, 3.8) is 0 Å². The third-order valence-corrected chi connectivity index (χ3v) is 4.43. The fourth-order valence-electron chi connectivity index (χ4n) is 3.07. The maximum absolute atomic E-state index is 12.2. The number of benzene rings is 2. The number of carbonyl (C=O) groups excluding carboxylic acids is 1. The Balaban J connectivity index is 1.64. The van der Waals surface area contributed by atoms with E-state index in [4.69, 9.17) is 4.74 Å². The molecule has 0 bridgehead atoms. The predicted molar refractivity (Wildman–Crippen MR) is 110 cm³/mol. The molecule has 0 atom stereocenters. The minimum Gasteiger partial charge on any atom is -0.497 e. The first-order valence-electron chi connectivity index (χ1n) is 9.00. The number of aryl methyl sites for hydroxylation is 2. The third kappa shape index (κ3) is 4.21. The van der Waals surface area contributed by atoms with E-state index in [1.54, 1.807) is 31.4 Å². The molecule has 0 aliphatic carbocycles. The first kappa shape index (κ1) is 19.2. The van der Waals surface area contributed by atoms with Crippen LogP contribution in [0.15, 0.2) is 42.5 Å². The molecule has 0 radical (unpaired) electrons. The molecule has 0 aliphatic rings. The first-order valence-corrected chi connectivity index (χ1v) is 9.00. The molecule has 0 saturated heterocycles. The fraction of sp³-hybridized carbons (Fsp3) is 0.227. The van der Waals surface area contributed by atoms with Crippen molar-refractivity contribution in [3.8, 4) is 11.8 Å². The van der Waals surface area contributed by atoms with Gasteiger partial charge in [0, 0.05) is 24.0 Å². The summed E-state index contributed by atoms with van der Waals surface area (Å²) in [6.07, 6.45) is 0. The number of nitrogens with zero attached hydrogens (tertiary/aromatic N) is 2. The minimum atomic E-state index is -0.164. The van der Waals surface area contributed by atoms with Gasteiger partial charge in [0.05, 0.1) is 18.2 Å². The Morgan fingerprint density at radius 2 is 1.89 bits per heavy atom. The number of ether oxygens (including phenoxy) is 1. The fourth-order valence-corrected chi connectivity index (χ4v) is 3.07. The maximum Gasteiger partial charge on any atom is 0.251 e. The third-order valence-electron chi connectivity index (χ3n) is 4.43. The van der Waals surface area contributed by atoms with Crippen LogP contribution in [0.3, 0.4) is 0 Å². The molecule has 28 heavy (non-hydrogen) atoms. The van der Waals surface area contributed by atoms with Crippen molar-refractivity contribution in [1.82, 2.24) is 10.3 Å². The lowest BCUT2D eigenvalue weighted by Gasteiger charge is -2.11. The lowest BCUT2D eigenvalue weighted by molar-refractivity contribution is 0.0955. The van der Waals surface area contributed by atoms with Gasteiger partial charge >= 0.3 is 0 Å². The van der Waals surface area contributed by atoms with Crippen LogP contribution in [0.4, 0.5) is 5.82 Å². The number of hydrogen-bond acceptors (Lipinski definition) is 5. The van der Waals surface area contributed by atoms with Crippen molar-refractivity contribution in [2.24, 2.45) is 0 Å². The number of rotatable bonds is 6. The van der Waals surface area contributed by atoms with Crippen molar-refractivity contribution in [3.05, 3.63) is 64.7 Å². The molecule has 2 N–H and O–H groups in total. The van der Waals surface area contributed by atoms with Crippen LogP contribution in [0.25, 0.3) is 10.9 Å². The second-order valence-electron chi connectivity index (χ2n) is 6.56. The van der Waals surface area contributed by atoms with E-state index in [0.717, 1.165) is 22.0 Å². The molecule has 6 nitrogen and oxygen atoms in total. The SMILES string of the molecule is COc1ccc(C(=O)NCCNc2nc3c(C)cc(C)cc3cc2C#N)cc1. The highest BCUT2D eigenvalue weighted by molar-refractivity contribution is 5.94. The molecule has 0 unspecified atom stereocenters. The summed E-state index contributed by atoms with van der Waals surface area (Å²) in [6.45, 7) is 4.89. The summed E-state index contributed by atoms with van der Waals surface area (Å²) >= 11 is 0. The molecule has 6 heteroatoms. The molecule has 3 aromatic rings. The number of nitriles is 1. The van der Waals surface area contributed by atoms with E-state index < -0.39 is 0 Å². The van der Waals surface area contributed by atoms with Crippen LogP contribution in [0.1, 0.15) is 27.0 Å². The highest BCUT2D eigenvalue weighted by atomic mass is 16.5. The second kappa shape index (κ2) is 8.40. The summed E-state index contributed by atoms with van der Waals surface area (Å²) in [5.74, 6) is 1.07. The van der Waals surface area contributed by atoms with E-state index in [9.17, 15) is 10.1 Å². The molecular formula is C22H22N4O2. The van der Waals surface area contributed by atoms with Gasteiger partial charge in [0.1, 0.15) is 17.6 Å². The molecule has 0 saturated carbocycles. The predicted octanol–water partition coefficient (Wildman–Crippen LogP) is 3.57. The Bertz CT molecular complexity index is 1050. The zero-order valence-corrected chi connectivity index (χ0v) is 16.2. The lowest BCUT2D eigenvalue weighted by atomic mass is 10.1. The Morgan fingerprint density at radius 1 is 1.14 bits per heavy atom. The van der Waals surface area contributed by atoms with Crippen molar-refractivity contribution < 1.29 is 9.53 Å². The smallest absolute Gasteiger partial charge is 0.251 e. The number of pyridine rings is 1. The monoisotopic (exact) mass is 374 g/mol. The maximum atomic E-state index is 12.2. The van der Waals surface area contributed by atoms with E-state index in [2.05, 4.69) is 27.8 Å².